The number of hydrogen-bond acceptors (Lipinski definition) is 8. The van der Waals surface area contributed by atoms with Crippen molar-refractivity contribution in [3.05, 3.63) is 45.0 Å². The van der Waals surface area contributed by atoms with Gasteiger partial charge in [-0.1, -0.05) is 12.1 Å². The second-order valence-electron chi connectivity index (χ2n) is 8.21. The first kappa shape index (κ1) is 22.7. The summed E-state index contributed by atoms with van der Waals surface area (Å²) in [5.74, 6) is -0.0133. The minimum atomic E-state index is -1.39. The van der Waals surface area contributed by atoms with E-state index in [9.17, 15) is 15.0 Å². The zero-order valence-corrected chi connectivity index (χ0v) is 20.3. The number of aliphatic hydroxyl groups excluding tert-OH is 2. The van der Waals surface area contributed by atoms with Crippen LogP contribution in [0.2, 0.25) is 5.28 Å². The fourth-order valence-electron chi connectivity index (χ4n) is 3.97. The number of carbonyl (C=O) groups is 1. The number of aliphatic hydroxyl groups is 2. The van der Waals surface area contributed by atoms with Crippen LogP contribution in [0, 0.1) is 3.57 Å². The first-order chi connectivity index (χ1) is 15.9. The molecule has 1 saturated carbocycles. The number of ether oxygens (including phenoxy) is 1. The minimum Gasteiger partial charge on any atom is -0.387 e. The van der Waals surface area contributed by atoms with E-state index in [0.717, 1.165) is 28.4 Å². The van der Waals surface area contributed by atoms with Crippen LogP contribution in [0.3, 0.4) is 0 Å². The Morgan fingerprint density at radius 1 is 1.27 bits per heavy atom. The molecule has 1 amide bonds. The Morgan fingerprint density at radius 3 is 2.82 bits per heavy atom. The summed E-state index contributed by atoms with van der Waals surface area (Å²) in [6.07, 6.45) is -0.695. The lowest BCUT2D eigenvalue weighted by Crippen LogP contribution is -2.48. The number of carbonyl (C=O) groups excluding carboxylic acids is 1. The van der Waals surface area contributed by atoms with Crippen molar-refractivity contribution in [2.45, 2.75) is 56.4 Å². The monoisotopic (exact) mass is 584 g/mol. The Kier molecular flexibility index (Phi) is 6.40. The predicted molar refractivity (Wildman–Crippen MR) is 129 cm³/mol. The van der Waals surface area contributed by atoms with Crippen LogP contribution in [-0.2, 0) is 16.1 Å². The second-order valence-corrected chi connectivity index (χ2v) is 9.80. The van der Waals surface area contributed by atoms with E-state index in [2.05, 4.69) is 48.2 Å². The topological polar surface area (TPSA) is 134 Å². The van der Waals surface area contributed by atoms with E-state index in [-0.39, 0.29) is 11.3 Å². The van der Waals surface area contributed by atoms with Crippen molar-refractivity contribution in [1.82, 2.24) is 24.8 Å². The van der Waals surface area contributed by atoms with Crippen molar-refractivity contribution < 1.29 is 19.7 Å². The fraction of sp³-hybridized carbons (Fsp3) is 0.429. The highest BCUT2D eigenvalue weighted by molar-refractivity contribution is 14.1. The molecule has 0 bridgehead atoms. The van der Waals surface area contributed by atoms with Gasteiger partial charge in [-0.25, -0.2) is 4.98 Å². The number of nitrogens with zero attached hydrogens (tertiary/aromatic N) is 4. The van der Waals surface area contributed by atoms with Crippen molar-refractivity contribution in [1.29, 1.82) is 0 Å². The molecule has 2 aromatic heterocycles. The summed E-state index contributed by atoms with van der Waals surface area (Å²) in [6.45, 7) is 0.497. The third-order valence-corrected chi connectivity index (χ3v) is 6.81. The number of imidazole rings is 1. The number of aromatic nitrogens is 4. The molecule has 174 valence electrons. The summed E-state index contributed by atoms with van der Waals surface area (Å²) in [4.78, 5) is 25.4. The van der Waals surface area contributed by atoms with Crippen LogP contribution < -0.4 is 10.6 Å². The minimum absolute atomic E-state index is 0.0123. The van der Waals surface area contributed by atoms with E-state index in [0.29, 0.717) is 23.5 Å². The summed E-state index contributed by atoms with van der Waals surface area (Å²) in [5, 5.41) is 27.2. The standard InChI is InChI=1S/C21H22ClIN6O4/c22-21-27-17(24-8-10-3-1-4-11(23)7-10)13-18(28-21)29(9-25-13)20-15(31)14(30)16(33-20)19(32)26-12-5-2-6-12/h1,3-4,7,9,12,14-16,20,30-31H,2,5-6,8H2,(H,26,32)(H,24,27,28)/t14-,15+,16-,20+/m0/s1. The molecule has 0 unspecified atom stereocenters. The molecule has 10 nitrogen and oxygen atoms in total. The molecular weight excluding hydrogens is 563 g/mol. The molecule has 12 heteroatoms. The third-order valence-electron chi connectivity index (χ3n) is 5.97. The summed E-state index contributed by atoms with van der Waals surface area (Å²) >= 11 is 8.42. The van der Waals surface area contributed by atoms with Crippen LogP contribution in [0.15, 0.2) is 30.6 Å². The average Bonchev–Trinajstić information content (AvgIpc) is 3.30. The van der Waals surface area contributed by atoms with Gasteiger partial charge >= 0.3 is 0 Å². The number of anilines is 1. The van der Waals surface area contributed by atoms with Gasteiger partial charge in [0.25, 0.3) is 5.91 Å². The van der Waals surface area contributed by atoms with Crippen LogP contribution in [0.4, 0.5) is 5.82 Å². The first-order valence-electron chi connectivity index (χ1n) is 10.6. The zero-order chi connectivity index (χ0) is 23.1. The van der Waals surface area contributed by atoms with Crippen molar-refractivity contribution in [3.8, 4) is 0 Å². The number of benzene rings is 1. The van der Waals surface area contributed by atoms with E-state index in [4.69, 9.17) is 16.3 Å². The van der Waals surface area contributed by atoms with Gasteiger partial charge in [0.1, 0.15) is 12.2 Å². The number of rotatable bonds is 6. The number of hydrogen-bond donors (Lipinski definition) is 4. The molecule has 2 fully saturated rings. The van der Waals surface area contributed by atoms with Gasteiger partial charge in [-0.15, -0.1) is 0 Å². The SMILES string of the molecule is O=C(NC1CCC1)[C@H]1O[C@@H](n2cnc3c(NCc4cccc(I)c4)nc(Cl)nc32)[C@H](O)[C@@H]1O. The lowest BCUT2D eigenvalue weighted by Gasteiger charge is -2.28. The molecule has 1 saturated heterocycles. The van der Waals surface area contributed by atoms with Crippen LogP contribution in [0.25, 0.3) is 11.2 Å². The average molecular weight is 585 g/mol. The van der Waals surface area contributed by atoms with Crippen molar-refractivity contribution >= 4 is 57.1 Å². The molecule has 0 spiro atoms. The summed E-state index contributed by atoms with van der Waals surface area (Å²) < 4.78 is 8.36. The molecule has 5 rings (SSSR count). The highest BCUT2D eigenvalue weighted by Crippen LogP contribution is 2.33. The van der Waals surface area contributed by atoms with E-state index in [1.165, 1.54) is 10.9 Å². The largest absolute Gasteiger partial charge is 0.387 e. The lowest BCUT2D eigenvalue weighted by atomic mass is 9.93. The summed E-state index contributed by atoms with van der Waals surface area (Å²) in [7, 11) is 0. The normalized spacial score (nSPS) is 25.2. The first-order valence-corrected chi connectivity index (χ1v) is 12.1. The van der Waals surface area contributed by atoms with E-state index in [1.807, 2.05) is 24.3 Å². The van der Waals surface area contributed by atoms with Crippen LogP contribution >= 0.6 is 34.2 Å². The summed E-state index contributed by atoms with van der Waals surface area (Å²) in [5.41, 5.74) is 1.80. The van der Waals surface area contributed by atoms with Gasteiger partial charge in [-0.05, 0) is 71.2 Å². The van der Waals surface area contributed by atoms with Gasteiger partial charge < -0.3 is 25.6 Å². The van der Waals surface area contributed by atoms with Gasteiger partial charge in [0, 0.05) is 16.2 Å². The van der Waals surface area contributed by atoms with Crippen molar-refractivity contribution in [2.75, 3.05) is 5.32 Å². The smallest absolute Gasteiger partial charge is 0.252 e. The molecule has 2 aliphatic rings. The van der Waals surface area contributed by atoms with Crippen LogP contribution in [-0.4, -0.2) is 60.0 Å². The van der Waals surface area contributed by atoms with Gasteiger partial charge in [0.15, 0.2) is 29.3 Å². The molecule has 3 aromatic rings. The molecule has 0 radical (unpaired) electrons. The van der Waals surface area contributed by atoms with Gasteiger partial charge in [0.05, 0.1) is 6.33 Å². The molecular formula is C21H22ClIN6O4. The molecule has 4 N–H and O–H groups in total. The molecule has 1 aliphatic carbocycles. The van der Waals surface area contributed by atoms with Gasteiger partial charge in [-0.2, -0.15) is 9.97 Å². The maximum Gasteiger partial charge on any atom is 0.252 e. The third kappa shape index (κ3) is 4.52. The fourth-order valence-corrected chi connectivity index (χ4v) is 4.75. The number of nitrogens with one attached hydrogen (secondary N) is 2. The van der Waals surface area contributed by atoms with Crippen LogP contribution in [0.5, 0.6) is 0 Å². The Balaban J connectivity index is 1.39. The number of fused-ring (bicyclic) bond motifs is 1. The summed E-state index contributed by atoms with van der Waals surface area (Å²) in [6, 6.07) is 8.11. The Morgan fingerprint density at radius 2 is 2.09 bits per heavy atom. The van der Waals surface area contributed by atoms with E-state index in [1.54, 1.807) is 0 Å². The second kappa shape index (κ2) is 9.29. The Bertz CT molecular complexity index is 1190. The maximum atomic E-state index is 12.5. The molecule has 33 heavy (non-hydrogen) atoms. The van der Waals surface area contributed by atoms with Crippen molar-refractivity contribution in [3.63, 3.8) is 0 Å². The van der Waals surface area contributed by atoms with E-state index >= 15 is 0 Å². The van der Waals surface area contributed by atoms with E-state index < -0.39 is 30.4 Å². The molecule has 3 heterocycles. The maximum absolute atomic E-state index is 12.5. The highest BCUT2D eigenvalue weighted by Gasteiger charge is 2.48. The number of amides is 1. The van der Waals surface area contributed by atoms with Gasteiger partial charge in [-0.3, -0.25) is 9.36 Å². The quantitative estimate of drug-likeness (QED) is 0.255. The molecule has 1 aromatic carbocycles. The van der Waals surface area contributed by atoms with Crippen LogP contribution in [0.1, 0.15) is 31.1 Å². The Hall–Kier alpha value is -2.06. The molecule has 1 aliphatic heterocycles. The predicted octanol–water partition coefficient (Wildman–Crippen LogP) is 1.98. The zero-order valence-electron chi connectivity index (χ0n) is 17.4. The Labute approximate surface area is 207 Å². The number of halogens is 2. The van der Waals surface area contributed by atoms with Gasteiger partial charge in [0.2, 0.25) is 5.28 Å². The lowest BCUT2D eigenvalue weighted by molar-refractivity contribution is -0.138. The highest BCUT2D eigenvalue weighted by atomic mass is 127. The molecule has 4 atom stereocenters. The van der Waals surface area contributed by atoms with Crippen molar-refractivity contribution in [2.24, 2.45) is 0 Å².